The molecular weight excluding hydrogens is 250 g/mol. The molecule has 1 atom stereocenters. The van der Waals surface area contributed by atoms with Crippen molar-refractivity contribution >= 4 is 10.9 Å². The highest BCUT2D eigenvalue weighted by atomic mass is 15.2. The van der Waals surface area contributed by atoms with Crippen molar-refractivity contribution in [1.82, 2.24) is 24.6 Å². The molecule has 1 fully saturated rings. The number of nitrogens with zero attached hydrogens (tertiary/aromatic N) is 4. The van der Waals surface area contributed by atoms with Gasteiger partial charge in [-0.3, -0.25) is 9.47 Å². The van der Waals surface area contributed by atoms with Crippen molar-refractivity contribution in [2.75, 3.05) is 13.6 Å². The van der Waals surface area contributed by atoms with E-state index in [4.69, 9.17) is 0 Å². The first-order valence-corrected chi connectivity index (χ1v) is 6.99. The van der Waals surface area contributed by atoms with Crippen LogP contribution in [0.5, 0.6) is 0 Å². The third-order valence-electron chi connectivity index (χ3n) is 4.29. The molecule has 1 N–H and O–H groups in total. The molecule has 1 saturated heterocycles. The predicted molar refractivity (Wildman–Crippen MR) is 77.8 cm³/mol. The van der Waals surface area contributed by atoms with Crippen LogP contribution in [0.25, 0.3) is 16.6 Å². The van der Waals surface area contributed by atoms with Gasteiger partial charge in [-0.15, -0.1) is 10.2 Å². The Hall–Kier alpha value is -2.14. The van der Waals surface area contributed by atoms with E-state index in [2.05, 4.69) is 51.5 Å². The summed E-state index contributed by atoms with van der Waals surface area (Å²) in [5.74, 6) is 0. The summed E-state index contributed by atoms with van der Waals surface area (Å²) in [6.07, 6.45) is 8.14. The second kappa shape index (κ2) is 4.45. The van der Waals surface area contributed by atoms with Gasteiger partial charge in [0.1, 0.15) is 12.7 Å². The van der Waals surface area contributed by atoms with E-state index in [0.717, 1.165) is 5.69 Å². The van der Waals surface area contributed by atoms with Gasteiger partial charge in [-0.1, -0.05) is 0 Å². The number of aromatic nitrogens is 4. The Labute approximate surface area is 117 Å². The molecule has 5 nitrogen and oxygen atoms in total. The second-order valence-electron chi connectivity index (χ2n) is 5.48. The molecule has 0 aliphatic carbocycles. The molecule has 2 aromatic heterocycles. The molecule has 102 valence electrons. The average Bonchev–Trinajstić information content (AvgIpc) is 3.17. The first kappa shape index (κ1) is 11.7. The fourth-order valence-corrected chi connectivity index (χ4v) is 3.20. The van der Waals surface area contributed by atoms with Crippen LogP contribution >= 0.6 is 0 Å². The lowest BCUT2D eigenvalue weighted by Gasteiger charge is -2.18. The van der Waals surface area contributed by atoms with Gasteiger partial charge in [0.05, 0.1) is 0 Å². The zero-order valence-corrected chi connectivity index (χ0v) is 11.5. The van der Waals surface area contributed by atoms with Crippen LogP contribution in [0.15, 0.2) is 37.1 Å². The Morgan fingerprint density at radius 2 is 2.10 bits per heavy atom. The monoisotopic (exact) mass is 267 g/mol. The minimum atomic E-state index is 0.528. The third-order valence-corrected chi connectivity index (χ3v) is 4.29. The molecule has 1 aliphatic rings. The Morgan fingerprint density at radius 1 is 1.25 bits per heavy atom. The molecule has 1 aromatic carbocycles. The summed E-state index contributed by atoms with van der Waals surface area (Å²) in [4.78, 5) is 5.83. The van der Waals surface area contributed by atoms with Gasteiger partial charge in [-0.05, 0) is 50.2 Å². The first-order chi connectivity index (χ1) is 9.83. The van der Waals surface area contributed by atoms with Crippen molar-refractivity contribution in [2.24, 2.45) is 0 Å². The smallest absolute Gasteiger partial charge is 0.123 e. The van der Waals surface area contributed by atoms with Crippen LogP contribution in [0.1, 0.15) is 24.4 Å². The first-order valence-electron chi connectivity index (χ1n) is 6.99. The highest BCUT2D eigenvalue weighted by molar-refractivity contribution is 5.85. The van der Waals surface area contributed by atoms with E-state index in [-0.39, 0.29) is 0 Å². The summed E-state index contributed by atoms with van der Waals surface area (Å²) in [5.41, 5.74) is 3.69. The molecule has 4 rings (SSSR count). The molecule has 0 amide bonds. The fraction of sp³-hybridized carbons (Fsp3) is 0.333. The molecule has 5 heteroatoms. The Morgan fingerprint density at radius 3 is 2.85 bits per heavy atom. The predicted octanol–water partition coefficient (Wildman–Crippen LogP) is 2.52. The molecule has 1 aliphatic heterocycles. The van der Waals surface area contributed by atoms with E-state index in [1.54, 1.807) is 12.7 Å². The minimum absolute atomic E-state index is 0.528. The quantitative estimate of drug-likeness (QED) is 0.776. The molecule has 1 unspecified atom stereocenters. The van der Waals surface area contributed by atoms with E-state index in [1.165, 1.54) is 35.9 Å². The molecule has 0 spiro atoms. The van der Waals surface area contributed by atoms with E-state index in [9.17, 15) is 0 Å². The Bertz CT molecular complexity index is 728. The lowest BCUT2D eigenvalue weighted by molar-refractivity contribution is 0.319. The van der Waals surface area contributed by atoms with Crippen LogP contribution in [0, 0.1) is 0 Å². The molecule has 3 heterocycles. The van der Waals surface area contributed by atoms with Crippen LogP contribution in [0.4, 0.5) is 0 Å². The lowest BCUT2D eigenvalue weighted by atomic mass is 10.0. The van der Waals surface area contributed by atoms with Crippen LogP contribution < -0.4 is 0 Å². The second-order valence-corrected chi connectivity index (χ2v) is 5.48. The van der Waals surface area contributed by atoms with E-state index >= 15 is 0 Å². The highest BCUT2D eigenvalue weighted by Gasteiger charge is 2.24. The maximum atomic E-state index is 3.88. The summed E-state index contributed by atoms with van der Waals surface area (Å²) in [6.45, 7) is 1.18. The van der Waals surface area contributed by atoms with Crippen molar-refractivity contribution in [3.63, 3.8) is 0 Å². The van der Waals surface area contributed by atoms with Gasteiger partial charge in [0, 0.05) is 28.8 Å². The van der Waals surface area contributed by atoms with Gasteiger partial charge in [0.15, 0.2) is 0 Å². The summed E-state index contributed by atoms with van der Waals surface area (Å²) >= 11 is 0. The number of rotatable bonds is 2. The highest BCUT2D eigenvalue weighted by Crippen LogP contribution is 2.35. The lowest BCUT2D eigenvalue weighted by Crippen LogP contribution is -2.17. The number of likely N-dealkylation sites (tertiary alicyclic amines) is 1. The molecule has 0 bridgehead atoms. The van der Waals surface area contributed by atoms with E-state index in [1.807, 2.05) is 4.57 Å². The van der Waals surface area contributed by atoms with Crippen LogP contribution in [0.3, 0.4) is 0 Å². The number of hydrogen-bond acceptors (Lipinski definition) is 3. The van der Waals surface area contributed by atoms with E-state index in [0.29, 0.717) is 6.04 Å². The molecule has 0 radical (unpaired) electrons. The maximum absolute atomic E-state index is 3.88. The van der Waals surface area contributed by atoms with Crippen LogP contribution in [-0.2, 0) is 0 Å². The standard InChI is InChI=1S/C15H17N5/c1-19-6-2-3-15(19)13-8-16-14-5-4-11(7-12(13)14)20-9-17-18-10-20/h4-5,7-10,15-16H,2-3,6H2,1H3. The SMILES string of the molecule is CN1CCCC1c1c[nH]c2ccc(-n3cnnc3)cc12. The van der Waals surface area contributed by atoms with E-state index < -0.39 is 0 Å². The maximum Gasteiger partial charge on any atom is 0.123 e. The van der Waals surface area contributed by atoms with Gasteiger partial charge in [0.25, 0.3) is 0 Å². The number of H-pyrrole nitrogens is 1. The van der Waals surface area contributed by atoms with Gasteiger partial charge in [-0.2, -0.15) is 0 Å². The van der Waals surface area contributed by atoms with Crippen molar-refractivity contribution < 1.29 is 0 Å². The molecule has 0 saturated carbocycles. The fourth-order valence-electron chi connectivity index (χ4n) is 3.20. The summed E-state index contributed by atoms with van der Waals surface area (Å²) in [7, 11) is 2.21. The average molecular weight is 267 g/mol. The van der Waals surface area contributed by atoms with Gasteiger partial charge in [0.2, 0.25) is 0 Å². The Kier molecular flexibility index (Phi) is 2.60. The summed E-state index contributed by atoms with van der Waals surface area (Å²) in [6, 6.07) is 6.96. The Balaban J connectivity index is 1.84. The minimum Gasteiger partial charge on any atom is -0.361 e. The van der Waals surface area contributed by atoms with Crippen molar-refractivity contribution in [2.45, 2.75) is 18.9 Å². The van der Waals surface area contributed by atoms with Crippen molar-refractivity contribution in [3.8, 4) is 5.69 Å². The number of fused-ring (bicyclic) bond motifs is 1. The summed E-state index contributed by atoms with van der Waals surface area (Å²) in [5, 5.41) is 9.05. The van der Waals surface area contributed by atoms with Crippen molar-refractivity contribution in [1.29, 1.82) is 0 Å². The molecular formula is C15H17N5. The third kappa shape index (κ3) is 1.74. The summed E-state index contributed by atoms with van der Waals surface area (Å²) < 4.78 is 1.94. The topological polar surface area (TPSA) is 49.7 Å². The van der Waals surface area contributed by atoms with Gasteiger partial charge < -0.3 is 4.98 Å². The normalized spacial score (nSPS) is 19.9. The van der Waals surface area contributed by atoms with Crippen LogP contribution in [0.2, 0.25) is 0 Å². The zero-order chi connectivity index (χ0) is 13.5. The van der Waals surface area contributed by atoms with Gasteiger partial charge in [-0.25, -0.2) is 0 Å². The largest absolute Gasteiger partial charge is 0.361 e. The van der Waals surface area contributed by atoms with Crippen molar-refractivity contribution in [3.05, 3.63) is 42.6 Å². The number of aromatic amines is 1. The number of benzene rings is 1. The zero-order valence-electron chi connectivity index (χ0n) is 11.5. The number of nitrogens with one attached hydrogen (secondary N) is 1. The van der Waals surface area contributed by atoms with Crippen LogP contribution in [-0.4, -0.2) is 38.2 Å². The number of hydrogen-bond donors (Lipinski definition) is 1. The molecule has 20 heavy (non-hydrogen) atoms. The van der Waals surface area contributed by atoms with Gasteiger partial charge >= 0.3 is 0 Å². The molecule has 3 aromatic rings.